The highest BCUT2D eigenvalue weighted by molar-refractivity contribution is 7.89. The van der Waals surface area contributed by atoms with Crippen LogP contribution in [0.1, 0.15) is 52.0 Å². The fourth-order valence-electron chi connectivity index (χ4n) is 3.12. The molecule has 0 aliphatic heterocycles. The molecule has 0 saturated heterocycles. The van der Waals surface area contributed by atoms with Crippen LogP contribution >= 0.6 is 0 Å². The average molecular weight is 339 g/mol. The molecule has 0 aromatic heterocycles. The lowest BCUT2D eigenvalue weighted by molar-refractivity contribution is 0.280. The second kappa shape index (κ2) is 7.32. The predicted molar refractivity (Wildman–Crippen MR) is 94.8 cm³/mol. The molecular weight excluding hydrogens is 308 g/mol. The fraction of sp³-hybridized carbons (Fsp3) is 0.667. The molecule has 0 radical (unpaired) electrons. The van der Waals surface area contributed by atoms with E-state index in [0.29, 0.717) is 23.3 Å². The summed E-state index contributed by atoms with van der Waals surface area (Å²) in [6.45, 7) is 7.63. The van der Waals surface area contributed by atoms with E-state index < -0.39 is 10.0 Å². The third kappa shape index (κ3) is 5.03. The summed E-state index contributed by atoms with van der Waals surface area (Å²) in [5.41, 5.74) is 6.86. The van der Waals surface area contributed by atoms with Crippen molar-refractivity contribution in [1.82, 2.24) is 4.72 Å². The highest BCUT2D eigenvalue weighted by Crippen LogP contribution is 2.28. The zero-order valence-corrected chi connectivity index (χ0v) is 15.3. The van der Waals surface area contributed by atoms with E-state index in [-0.39, 0.29) is 5.41 Å². The molecule has 23 heavy (non-hydrogen) atoms. The zero-order valence-electron chi connectivity index (χ0n) is 14.5. The van der Waals surface area contributed by atoms with E-state index in [9.17, 15) is 8.42 Å². The Kier molecular flexibility index (Phi) is 5.87. The van der Waals surface area contributed by atoms with Crippen LogP contribution in [0.4, 0.5) is 0 Å². The van der Waals surface area contributed by atoms with Gasteiger partial charge in [0.2, 0.25) is 10.0 Å². The minimum absolute atomic E-state index is 0.0251. The van der Waals surface area contributed by atoms with Crippen molar-refractivity contribution in [2.24, 2.45) is 17.6 Å². The number of nitrogens with one attached hydrogen (secondary N) is 1. The maximum absolute atomic E-state index is 12.4. The van der Waals surface area contributed by atoms with Crippen LogP contribution in [0.2, 0.25) is 0 Å². The molecule has 3 N–H and O–H groups in total. The van der Waals surface area contributed by atoms with Crippen LogP contribution in [-0.2, 0) is 15.4 Å². The van der Waals surface area contributed by atoms with Crippen molar-refractivity contribution in [3.05, 3.63) is 29.8 Å². The zero-order chi connectivity index (χ0) is 17.1. The van der Waals surface area contributed by atoms with Crippen LogP contribution < -0.4 is 10.5 Å². The highest BCUT2D eigenvalue weighted by atomic mass is 32.2. The van der Waals surface area contributed by atoms with Gasteiger partial charge in [0.1, 0.15) is 0 Å². The normalized spacial score (nSPS) is 23.0. The summed E-state index contributed by atoms with van der Waals surface area (Å²) in [4.78, 5) is 0.348. The maximum Gasteiger partial charge on any atom is 0.240 e. The van der Waals surface area contributed by atoms with E-state index in [1.807, 2.05) is 12.1 Å². The van der Waals surface area contributed by atoms with E-state index in [2.05, 4.69) is 25.5 Å². The van der Waals surface area contributed by atoms with Gasteiger partial charge >= 0.3 is 0 Å². The molecule has 1 saturated carbocycles. The van der Waals surface area contributed by atoms with Gasteiger partial charge < -0.3 is 5.73 Å². The maximum atomic E-state index is 12.4. The van der Waals surface area contributed by atoms with Crippen molar-refractivity contribution in [1.29, 1.82) is 0 Å². The lowest BCUT2D eigenvalue weighted by atomic mass is 9.82. The van der Waals surface area contributed by atoms with Crippen molar-refractivity contribution in [3.8, 4) is 0 Å². The molecule has 1 fully saturated rings. The molecule has 0 atom stereocenters. The van der Waals surface area contributed by atoms with E-state index in [0.717, 1.165) is 37.8 Å². The minimum Gasteiger partial charge on any atom is -0.330 e. The van der Waals surface area contributed by atoms with Gasteiger partial charge in [-0.1, -0.05) is 32.9 Å². The molecule has 1 aromatic rings. The third-order valence-corrected chi connectivity index (χ3v) is 6.33. The summed E-state index contributed by atoms with van der Waals surface area (Å²) >= 11 is 0. The number of sulfonamides is 1. The smallest absolute Gasteiger partial charge is 0.240 e. The summed E-state index contributed by atoms with van der Waals surface area (Å²) < 4.78 is 27.6. The van der Waals surface area contributed by atoms with E-state index in [4.69, 9.17) is 5.73 Å². The van der Waals surface area contributed by atoms with Crippen molar-refractivity contribution in [2.45, 2.75) is 56.8 Å². The Morgan fingerprint density at radius 2 is 1.57 bits per heavy atom. The number of hydrogen-bond donors (Lipinski definition) is 2. The quantitative estimate of drug-likeness (QED) is 0.867. The summed E-state index contributed by atoms with van der Waals surface area (Å²) in [7, 11) is -3.42. The lowest BCUT2D eigenvalue weighted by Gasteiger charge is -2.27. The van der Waals surface area contributed by atoms with Gasteiger partial charge in [0.05, 0.1) is 4.90 Å². The van der Waals surface area contributed by atoms with Gasteiger partial charge in [-0.3, -0.25) is 0 Å². The van der Waals surface area contributed by atoms with Crippen LogP contribution in [0.3, 0.4) is 0 Å². The molecule has 5 heteroatoms. The molecule has 130 valence electrons. The van der Waals surface area contributed by atoms with Gasteiger partial charge in [0.25, 0.3) is 0 Å². The SMILES string of the molecule is CC(C)(C)c1ccc(S(=O)(=O)NC[C@H]2CC[C@@H](CN)CC2)cc1. The van der Waals surface area contributed by atoms with Crippen LogP contribution in [0.5, 0.6) is 0 Å². The van der Waals surface area contributed by atoms with Gasteiger partial charge in [-0.05, 0) is 67.2 Å². The second-order valence-electron chi connectivity index (χ2n) is 7.75. The number of rotatable bonds is 5. The van der Waals surface area contributed by atoms with Crippen LogP contribution in [0.15, 0.2) is 29.2 Å². The molecule has 0 amide bonds. The van der Waals surface area contributed by atoms with E-state index >= 15 is 0 Å². The highest BCUT2D eigenvalue weighted by Gasteiger charge is 2.23. The lowest BCUT2D eigenvalue weighted by Crippen LogP contribution is -2.32. The number of hydrogen-bond acceptors (Lipinski definition) is 3. The van der Waals surface area contributed by atoms with Crippen molar-refractivity contribution in [2.75, 3.05) is 13.1 Å². The first kappa shape index (κ1) is 18.4. The van der Waals surface area contributed by atoms with Crippen LogP contribution in [0.25, 0.3) is 0 Å². The molecular formula is C18H30N2O2S. The van der Waals surface area contributed by atoms with Gasteiger partial charge in [0, 0.05) is 6.54 Å². The van der Waals surface area contributed by atoms with E-state index in [1.54, 1.807) is 12.1 Å². The largest absolute Gasteiger partial charge is 0.330 e. The molecule has 1 aromatic carbocycles. The first-order valence-corrected chi connectivity index (χ1v) is 10.0. The molecule has 0 bridgehead atoms. The van der Waals surface area contributed by atoms with Crippen molar-refractivity contribution >= 4 is 10.0 Å². The fourth-order valence-corrected chi connectivity index (χ4v) is 4.23. The summed E-state index contributed by atoms with van der Waals surface area (Å²) in [5.74, 6) is 1.05. The Balaban J connectivity index is 1.94. The topological polar surface area (TPSA) is 72.2 Å². The van der Waals surface area contributed by atoms with Crippen LogP contribution in [-0.4, -0.2) is 21.5 Å². The number of nitrogens with two attached hydrogens (primary N) is 1. The average Bonchev–Trinajstić information content (AvgIpc) is 2.53. The molecule has 0 spiro atoms. The summed E-state index contributed by atoms with van der Waals surface area (Å²) in [5, 5.41) is 0. The predicted octanol–water partition coefficient (Wildman–Crippen LogP) is 3.03. The summed E-state index contributed by atoms with van der Waals surface area (Å²) in [6.07, 6.45) is 4.35. The number of benzene rings is 1. The van der Waals surface area contributed by atoms with Crippen LogP contribution in [0, 0.1) is 11.8 Å². The summed E-state index contributed by atoms with van der Waals surface area (Å²) in [6, 6.07) is 7.21. The second-order valence-corrected chi connectivity index (χ2v) is 9.52. The molecule has 1 aliphatic carbocycles. The van der Waals surface area contributed by atoms with Gasteiger partial charge in [-0.15, -0.1) is 0 Å². The van der Waals surface area contributed by atoms with Gasteiger partial charge in [0.15, 0.2) is 0 Å². The molecule has 2 rings (SSSR count). The molecule has 0 unspecified atom stereocenters. The van der Waals surface area contributed by atoms with Gasteiger partial charge in [-0.2, -0.15) is 0 Å². The molecule has 1 aliphatic rings. The van der Waals surface area contributed by atoms with E-state index in [1.165, 1.54) is 0 Å². The van der Waals surface area contributed by atoms with Crippen molar-refractivity contribution in [3.63, 3.8) is 0 Å². The monoisotopic (exact) mass is 338 g/mol. The molecule has 0 heterocycles. The Hall–Kier alpha value is -0.910. The Labute approximate surface area is 140 Å². The first-order chi connectivity index (χ1) is 10.7. The van der Waals surface area contributed by atoms with Crippen molar-refractivity contribution < 1.29 is 8.42 Å². The molecule has 4 nitrogen and oxygen atoms in total. The standard InChI is InChI=1S/C18H30N2O2S/c1-18(2,3)16-8-10-17(11-9-16)23(21,22)20-13-15-6-4-14(12-19)5-7-15/h8-11,14-15,20H,4-7,12-13,19H2,1-3H3/t14-,15+. The van der Waals surface area contributed by atoms with Gasteiger partial charge in [-0.25, -0.2) is 13.1 Å². The Bertz CT molecular complexity index is 595. The minimum atomic E-state index is -3.42. The third-order valence-electron chi connectivity index (χ3n) is 4.89. The Morgan fingerprint density at radius 3 is 2.04 bits per heavy atom. The Morgan fingerprint density at radius 1 is 1.04 bits per heavy atom. The first-order valence-electron chi connectivity index (χ1n) is 8.52.